The number of thiol groups is 1. The second kappa shape index (κ2) is 2.60. The molecule has 2 nitrogen and oxygen atoms in total. The van der Waals surface area contributed by atoms with Gasteiger partial charge in [0.25, 0.3) is 0 Å². The molecule has 0 atom stereocenters. The summed E-state index contributed by atoms with van der Waals surface area (Å²) in [5.41, 5.74) is 0.555. The van der Waals surface area contributed by atoms with Gasteiger partial charge in [-0.1, -0.05) is 0 Å². The first kappa shape index (κ1) is 6.24. The molecule has 0 amide bonds. The van der Waals surface area contributed by atoms with E-state index in [1.165, 1.54) is 6.26 Å². The van der Waals surface area contributed by atoms with E-state index in [-0.39, 0.29) is 0 Å². The third-order valence-electron chi connectivity index (χ3n) is 0.939. The Bertz CT molecular complexity index is 235. The molecule has 46 valence electrons. The van der Waals surface area contributed by atoms with E-state index in [4.69, 9.17) is 9.68 Å². The van der Waals surface area contributed by atoms with Crippen LogP contribution in [0.5, 0.6) is 0 Å². The molecular formula is C6H5NOS. The Morgan fingerprint density at radius 2 is 2.56 bits per heavy atom. The van der Waals surface area contributed by atoms with Crippen molar-refractivity contribution in [2.45, 2.75) is 5.75 Å². The summed E-state index contributed by atoms with van der Waals surface area (Å²) in [5, 5.41) is 8.31. The summed E-state index contributed by atoms with van der Waals surface area (Å²) in [5.74, 6) is 1.27. The minimum Gasteiger partial charge on any atom is -0.467 e. The number of nitriles is 1. The standard InChI is InChI=1S/C6H5NOS/c7-2-5-1-6(4-9)8-3-5/h1,3,9H,4H2. The third kappa shape index (κ3) is 1.27. The fourth-order valence-electron chi connectivity index (χ4n) is 0.522. The fraction of sp³-hybridized carbons (Fsp3) is 0.167. The Morgan fingerprint density at radius 3 is 2.89 bits per heavy atom. The van der Waals surface area contributed by atoms with Crippen molar-refractivity contribution in [3.8, 4) is 6.07 Å². The van der Waals surface area contributed by atoms with Gasteiger partial charge in [0.2, 0.25) is 0 Å². The molecule has 0 aliphatic carbocycles. The van der Waals surface area contributed by atoms with Crippen LogP contribution in [0.25, 0.3) is 0 Å². The Kier molecular flexibility index (Phi) is 1.81. The molecule has 0 saturated heterocycles. The maximum atomic E-state index is 8.31. The lowest BCUT2D eigenvalue weighted by molar-refractivity contribution is 0.530. The monoisotopic (exact) mass is 139 g/mol. The molecule has 0 unspecified atom stereocenters. The van der Waals surface area contributed by atoms with Crippen LogP contribution in [0.2, 0.25) is 0 Å². The first-order chi connectivity index (χ1) is 4.36. The SMILES string of the molecule is N#Cc1coc(CS)c1. The molecule has 0 spiro atoms. The van der Waals surface area contributed by atoms with Crippen LogP contribution in [0.3, 0.4) is 0 Å². The topological polar surface area (TPSA) is 36.9 Å². The minimum atomic E-state index is 0.543. The van der Waals surface area contributed by atoms with Crippen LogP contribution < -0.4 is 0 Å². The van der Waals surface area contributed by atoms with E-state index in [9.17, 15) is 0 Å². The van der Waals surface area contributed by atoms with Gasteiger partial charge in [-0.2, -0.15) is 17.9 Å². The molecule has 0 aromatic carbocycles. The van der Waals surface area contributed by atoms with Crippen LogP contribution in [0.1, 0.15) is 11.3 Å². The molecule has 1 rings (SSSR count). The molecule has 0 aliphatic rings. The quantitative estimate of drug-likeness (QED) is 0.600. The average Bonchev–Trinajstić information content (AvgIpc) is 2.34. The van der Waals surface area contributed by atoms with Crippen molar-refractivity contribution in [2.75, 3.05) is 0 Å². The van der Waals surface area contributed by atoms with Crippen molar-refractivity contribution in [1.82, 2.24) is 0 Å². The van der Waals surface area contributed by atoms with Crippen molar-refractivity contribution in [3.63, 3.8) is 0 Å². The largest absolute Gasteiger partial charge is 0.467 e. The van der Waals surface area contributed by atoms with E-state index in [2.05, 4.69) is 12.6 Å². The second-order valence-corrected chi connectivity index (χ2v) is 1.89. The van der Waals surface area contributed by atoms with E-state index in [1.807, 2.05) is 6.07 Å². The van der Waals surface area contributed by atoms with Gasteiger partial charge in [0.1, 0.15) is 18.1 Å². The van der Waals surface area contributed by atoms with Gasteiger partial charge < -0.3 is 4.42 Å². The summed E-state index contributed by atoms with van der Waals surface area (Å²) in [4.78, 5) is 0. The van der Waals surface area contributed by atoms with Crippen LogP contribution in [0.15, 0.2) is 16.7 Å². The normalized spacial score (nSPS) is 8.89. The summed E-state index contributed by atoms with van der Waals surface area (Å²) in [7, 11) is 0. The number of furan rings is 1. The number of hydrogen-bond acceptors (Lipinski definition) is 3. The van der Waals surface area contributed by atoms with Crippen molar-refractivity contribution in [1.29, 1.82) is 5.26 Å². The highest BCUT2D eigenvalue weighted by molar-refractivity contribution is 7.79. The molecule has 0 bridgehead atoms. The zero-order valence-corrected chi connectivity index (χ0v) is 5.56. The van der Waals surface area contributed by atoms with Crippen LogP contribution >= 0.6 is 12.6 Å². The average molecular weight is 139 g/mol. The van der Waals surface area contributed by atoms with E-state index < -0.39 is 0 Å². The van der Waals surface area contributed by atoms with E-state index >= 15 is 0 Å². The summed E-state index contributed by atoms with van der Waals surface area (Å²) in [6.07, 6.45) is 1.42. The molecule has 0 saturated carbocycles. The smallest absolute Gasteiger partial charge is 0.114 e. The lowest BCUT2D eigenvalue weighted by Crippen LogP contribution is -1.65. The molecule has 0 fully saturated rings. The second-order valence-electron chi connectivity index (χ2n) is 1.57. The third-order valence-corrected chi connectivity index (χ3v) is 1.25. The maximum Gasteiger partial charge on any atom is 0.114 e. The van der Waals surface area contributed by atoms with Gasteiger partial charge in [-0.25, -0.2) is 0 Å². The van der Waals surface area contributed by atoms with Crippen LogP contribution in [-0.4, -0.2) is 0 Å². The predicted octanol–water partition coefficient (Wildman–Crippen LogP) is 1.58. The van der Waals surface area contributed by atoms with Crippen molar-refractivity contribution < 1.29 is 4.42 Å². The Morgan fingerprint density at radius 1 is 1.78 bits per heavy atom. The van der Waals surface area contributed by atoms with Gasteiger partial charge in [-0.3, -0.25) is 0 Å². The summed E-state index contributed by atoms with van der Waals surface area (Å²) in [6, 6.07) is 3.63. The number of nitrogens with zero attached hydrogens (tertiary/aromatic N) is 1. The van der Waals surface area contributed by atoms with Crippen molar-refractivity contribution in [2.24, 2.45) is 0 Å². The highest BCUT2D eigenvalue weighted by atomic mass is 32.1. The summed E-state index contributed by atoms with van der Waals surface area (Å²) < 4.78 is 4.91. The number of rotatable bonds is 1. The van der Waals surface area contributed by atoms with Gasteiger partial charge in [0.15, 0.2) is 0 Å². The summed E-state index contributed by atoms with van der Waals surface area (Å²) in [6.45, 7) is 0. The van der Waals surface area contributed by atoms with Crippen molar-refractivity contribution in [3.05, 3.63) is 23.7 Å². The molecule has 9 heavy (non-hydrogen) atoms. The lowest BCUT2D eigenvalue weighted by atomic mass is 10.3. The van der Waals surface area contributed by atoms with Gasteiger partial charge in [-0.15, -0.1) is 0 Å². The Balaban J connectivity index is 2.90. The molecule has 3 heteroatoms. The zero-order valence-electron chi connectivity index (χ0n) is 4.66. The van der Waals surface area contributed by atoms with E-state index in [0.29, 0.717) is 11.3 Å². The highest BCUT2D eigenvalue weighted by Crippen LogP contribution is 2.07. The fourth-order valence-corrected chi connectivity index (χ4v) is 0.688. The molecule has 0 radical (unpaired) electrons. The Labute approximate surface area is 58.5 Å². The molecule has 0 N–H and O–H groups in total. The van der Waals surface area contributed by atoms with Crippen molar-refractivity contribution >= 4 is 12.6 Å². The van der Waals surface area contributed by atoms with E-state index in [1.54, 1.807) is 6.07 Å². The summed E-state index contributed by atoms with van der Waals surface area (Å²) >= 11 is 3.96. The Hall–Kier alpha value is -0.880. The van der Waals surface area contributed by atoms with Gasteiger partial charge >= 0.3 is 0 Å². The first-order valence-corrected chi connectivity index (χ1v) is 3.08. The molecular weight excluding hydrogens is 134 g/mol. The van der Waals surface area contributed by atoms with Crippen LogP contribution in [0, 0.1) is 11.3 Å². The predicted molar refractivity (Wildman–Crippen MR) is 36.1 cm³/mol. The first-order valence-electron chi connectivity index (χ1n) is 2.45. The van der Waals surface area contributed by atoms with Crippen LogP contribution in [-0.2, 0) is 5.75 Å². The van der Waals surface area contributed by atoms with Gasteiger partial charge in [0, 0.05) is 5.75 Å². The van der Waals surface area contributed by atoms with Crippen LogP contribution in [0.4, 0.5) is 0 Å². The minimum absolute atomic E-state index is 0.543. The van der Waals surface area contributed by atoms with E-state index in [0.717, 1.165) is 5.76 Å². The molecule has 1 aromatic rings. The zero-order chi connectivity index (χ0) is 6.69. The van der Waals surface area contributed by atoms with Gasteiger partial charge in [-0.05, 0) is 6.07 Å². The lowest BCUT2D eigenvalue weighted by Gasteiger charge is -1.78. The molecule has 1 heterocycles. The molecule has 1 aromatic heterocycles. The maximum absolute atomic E-state index is 8.31. The molecule has 0 aliphatic heterocycles. The van der Waals surface area contributed by atoms with Gasteiger partial charge in [0.05, 0.1) is 5.56 Å². The highest BCUT2D eigenvalue weighted by Gasteiger charge is 1.95. The number of hydrogen-bond donors (Lipinski definition) is 1.